The van der Waals surface area contributed by atoms with Crippen molar-refractivity contribution in [2.24, 2.45) is 0 Å². The first-order valence-electron chi connectivity index (χ1n) is 9.69. The van der Waals surface area contributed by atoms with Gasteiger partial charge < -0.3 is 9.64 Å². The second-order valence-corrected chi connectivity index (χ2v) is 8.92. The second-order valence-electron chi connectivity index (χ2n) is 7.61. The average molecular weight is 408 g/mol. The lowest BCUT2D eigenvalue weighted by atomic mass is 10.1. The fourth-order valence-electron chi connectivity index (χ4n) is 4.53. The van der Waals surface area contributed by atoms with Crippen molar-refractivity contribution in [3.8, 4) is 0 Å². The van der Waals surface area contributed by atoms with Crippen molar-refractivity contribution in [1.82, 2.24) is 0 Å². The Morgan fingerprint density at radius 2 is 1.86 bits per heavy atom. The van der Waals surface area contributed by atoms with Gasteiger partial charge in [-0.1, -0.05) is 42.1 Å². The summed E-state index contributed by atoms with van der Waals surface area (Å²) in [4.78, 5) is 41.5. The van der Waals surface area contributed by atoms with Crippen LogP contribution in [0.25, 0.3) is 0 Å². The SMILES string of the molecule is CC1Cc2ccccc2N1C(=O)COC(=O)C12CCC(=O)N1c1ccccc1S2. The van der Waals surface area contributed by atoms with Crippen molar-refractivity contribution in [2.75, 3.05) is 16.4 Å². The molecule has 5 rings (SSSR count). The van der Waals surface area contributed by atoms with Crippen LogP contribution in [0.3, 0.4) is 0 Å². The molecule has 0 saturated carbocycles. The minimum Gasteiger partial charge on any atom is -0.453 e. The van der Waals surface area contributed by atoms with E-state index in [1.807, 2.05) is 55.5 Å². The number of benzene rings is 2. The van der Waals surface area contributed by atoms with Crippen LogP contribution in [0.2, 0.25) is 0 Å². The first-order valence-corrected chi connectivity index (χ1v) is 10.5. The first-order chi connectivity index (χ1) is 14.0. The summed E-state index contributed by atoms with van der Waals surface area (Å²) in [6, 6.07) is 15.3. The molecule has 2 aromatic carbocycles. The van der Waals surface area contributed by atoms with E-state index in [9.17, 15) is 14.4 Å². The van der Waals surface area contributed by atoms with Gasteiger partial charge in [-0.05, 0) is 37.1 Å². The summed E-state index contributed by atoms with van der Waals surface area (Å²) in [5.74, 6) is -0.866. The monoisotopic (exact) mass is 408 g/mol. The summed E-state index contributed by atoms with van der Waals surface area (Å²) in [7, 11) is 0. The van der Waals surface area contributed by atoms with E-state index in [0.717, 1.165) is 28.3 Å². The molecule has 3 aliphatic heterocycles. The molecule has 6 nitrogen and oxygen atoms in total. The Labute approximate surface area is 172 Å². The highest BCUT2D eigenvalue weighted by molar-refractivity contribution is 8.02. The maximum absolute atomic E-state index is 13.1. The minimum absolute atomic E-state index is 0.0198. The average Bonchev–Trinajstić information content (AvgIpc) is 3.35. The van der Waals surface area contributed by atoms with Crippen molar-refractivity contribution in [2.45, 2.75) is 42.0 Å². The van der Waals surface area contributed by atoms with Gasteiger partial charge >= 0.3 is 5.97 Å². The zero-order valence-electron chi connectivity index (χ0n) is 16.0. The molecule has 1 saturated heterocycles. The molecule has 2 unspecified atom stereocenters. The molecule has 0 aromatic heterocycles. The van der Waals surface area contributed by atoms with Crippen LogP contribution in [0.4, 0.5) is 11.4 Å². The van der Waals surface area contributed by atoms with E-state index < -0.39 is 10.8 Å². The van der Waals surface area contributed by atoms with E-state index in [0.29, 0.717) is 12.8 Å². The summed E-state index contributed by atoms with van der Waals surface area (Å²) in [5.41, 5.74) is 2.73. The highest BCUT2D eigenvalue weighted by Gasteiger charge is 2.58. The van der Waals surface area contributed by atoms with Crippen LogP contribution in [0, 0.1) is 0 Å². The third-order valence-corrected chi connectivity index (χ3v) is 7.25. The van der Waals surface area contributed by atoms with Crippen LogP contribution >= 0.6 is 11.8 Å². The molecule has 29 heavy (non-hydrogen) atoms. The molecule has 2 atom stereocenters. The molecule has 7 heteroatoms. The number of anilines is 2. The lowest BCUT2D eigenvalue weighted by Crippen LogP contribution is -2.49. The highest BCUT2D eigenvalue weighted by Crippen LogP contribution is 2.56. The van der Waals surface area contributed by atoms with Crippen LogP contribution < -0.4 is 9.80 Å². The number of carbonyl (C=O) groups is 3. The molecule has 0 spiro atoms. The molecule has 0 radical (unpaired) electrons. The Hall–Kier alpha value is -2.80. The third kappa shape index (κ3) is 2.68. The van der Waals surface area contributed by atoms with E-state index in [1.54, 1.807) is 9.80 Å². The third-order valence-electron chi connectivity index (χ3n) is 5.79. The van der Waals surface area contributed by atoms with Gasteiger partial charge in [-0.3, -0.25) is 14.5 Å². The zero-order valence-corrected chi connectivity index (χ0v) is 16.8. The smallest absolute Gasteiger partial charge is 0.344 e. The van der Waals surface area contributed by atoms with Crippen molar-refractivity contribution >= 4 is 40.9 Å². The molecule has 0 aliphatic carbocycles. The number of hydrogen-bond acceptors (Lipinski definition) is 5. The number of rotatable bonds is 3. The first kappa shape index (κ1) is 18.2. The van der Waals surface area contributed by atoms with Gasteiger partial charge in [0.15, 0.2) is 11.5 Å². The van der Waals surface area contributed by atoms with E-state index in [1.165, 1.54) is 11.8 Å². The molecule has 3 aliphatic rings. The molecular weight excluding hydrogens is 388 g/mol. The number of amides is 2. The molecule has 0 bridgehead atoms. The Morgan fingerprint density at radius 1 is 1.14 bits per heavy atom. The van der Waals surface area contributed by atoms with Gasteiger partial charge in [0.2, 0.25) is 5.91 Å². The van der Waals surface area contributed by atoms with Crippen molar-refractivity contribution < 1.29 is 19.1 Å². The van der Waals surface area contributed by atoms with Crippen LogP contribution in [0.5, 0.6) is 0 Å². The predicted octanol–water partition coefficient (Wildman–Crippen LogP) is 3.14. The molecule has 3 heterocycles. The number of para-hydroxylation sites is 2. The van der Waals surface area contributed by atoms with Gasteiger partial charge in [0.05, 0.1) is 5.69 Å². The number of thioether (sulfide) groups is 1. The Kier molecular flexibility index (Phi) is 4.17. The predicted molar refractivity (Wildman–Crippen MR) is 110 cm³/mol. The molecule has 1 fully saturated rings. The van der Waals surface area contributed by atoms with Gasteiger partial charge in [-0.2, -0.15) is 0 Å². The standard InChI is InChI=1S/C22H20N2O4S/c1-14-12-15-6-2-3-7-16(15)23(14)20(26)13-28-21(27)22-11-10-19(25)24(22)17-8-4-5-9-18(17)29-22/h2-9,14H,10-13H2,1H3. The number of nitrogens with zero attached hydrogens (tertiary/aromatic N) is 2. The number of fused-ring (bicyclic) bond motifs is 4. The van der Waals surface area contributed by atoms with Gasteiger partial charge in [0.25, 0.3) is 5.91 Å². The van der Waals surface area contributed by atoms with Crippen molar-refractivity contribution in [3.63, 3.8) is 0 Å². The maximum Gasteiger partial charge on any atom is 0.344 e. The van der Waals surface area contributed by atoms with Crippen LogP contribution in [0.15, 0.2) is 53.4 Å². The highest BCUT2D eigenvalue weighted by atomic mass is 32.2. The summed E-state index contributed by atoms with van der Waals surface area (Å²) >= 11 is 1.34. The van der Waals surface area contributed by atoms with Crippen LogP contribution in [0.1, 0.15) is 25.3 Å². The molecule has 2 amide bonds. The van der Waals surface area contributed by atoms with Gasteiger partial charge in [-0.25, -0.2) is 4.79 Å². The Morgan fingerprint density at radius 3 is 2.69 bits per heavy atom. The van der Waals surface area contributed by atoms with Gasteiger partial charge in [-0.15, -0.1) is 0 Å². The lowest BCUT2D eigenvalue weighted by molar-refractivity contribution is -0.150. The van der Waals surface area contributed by atoms with Crippen molar-refractivity contribution in [1.29, 1.82) is 0 Å². The quantitative estimate of drug-likeness (QED) is 0.730. The largest absolute Gasteiger partial charge is 0.453 e. The number of esters is 1. The topological polar surface area (TPSA) is 66.9 Å². The zero-order chi connectivity index (χ0) is 20.2. The van der Waals surface area contributed by atoms with E-state index in [4.69, 9.17) is 4.74 Å². The van der Waals surface area contributed by atoms with E-state index in [2.05, 4.69) is 0 Å². The maximum atomic E-state index is 13.1. The fourth-order valence-corrected chi connectivity index (χ4v) is 5.94. The molecular formula is C22H20N2O4S. The number of hydrogen-bond donors (Lipinski definition) is 0. The van der Waals surface area contributed by atoms with Crippen LogP contribution in [-0.4, -0.2) is 35.3 Å². The molecule has 148 valence electrons. The Balaban J connectivity index is 1.34. The number of carbonyl (C=O) groups excluding carboxylic acids is 3. The molecule has 2 aromatic rings. The van der Waals surface area contributed by atoms with E-state index in [-0.39, 0.29) is 24.5 Å². The summed E-state index contributed by atoms with van der Waals surface area (Å²) < 4.78 is 5.50. The Bertz CT molecular complexity index is 1040. The number of ether oxygens (including phenoxy) is 1. The van der Waals surface area contributed by atoms with Crippen LogP contribution in [-0.2, 0) is 25.5 Å². The fraction of sp³-hybridized carbons (Fsp3) is 0.318. The lowest BCUT2D eigenvalue weighted by Gasteiger charge is -2.29. The normalized spacial score (nSPS) is 24.3. The van der Waals surface area contributed by atoms with Gasteiger partial charge in [0.1, 0.15) is 0 Å². The van der Waals surface area contributed by atoms with Crippen molar-refractivity contribution in [3.05, 3.63) is 54.1 Å². The minimum atomic E-state index is -1.10. The second kappa shape index (κ2) is 6.62. The van der Waals surface area contributed by atoms with Gasteiger partial charge in [0, 0.05) is 29.5 Å². The summed E-state index contributed by atoms with van der Waals surface area (Å²) in [6.07, 6.45) is 1.45. The summed E-state index contributed by atoms with van der Waals surface area (Å²) in [6.45, 7) is 1.65. The molecule has 0 N–H and O–H groups in total. The summed E-state index contributed by atoms with van der Waals surface area (Å²) in [5, 5.41) is 0. The van der Waals surface area contributed by atoms with E-state index >= 15 is 0 Å².